The number of sulfonamides is 1. The Morgan fingerprint density at radius 3 is 2.53 bits per heavy atom. The summed E-state index contributed by atoms with van der Waals surface area (Å²) >= 11 is 17.5. The molecule has 2 aromatic rings. The van der Waals surface area contributed by atoms with Crippen LogP contribution in [-0.4, -0.2) is 48.8 Å². The third kappa shape index (κ3) is 5.22. The Hall–Kier alpha value is -1.91. The number of ether oxygens (including phenoxy) is 1. The number of amides is 1. The number of rotatable bonds is 6. The minimum absolute atomic E-state index is 0.0211. The summed E-state index contributed by atoms with van der Waals surface area (Å²) in [6, 6.07) is 6.03. The molecule has 0 aliphatic carbocycles. The molecule has 1 fully saturated rings. The van der Waals surface area contributed by atoms with Gasteiger partial charge in [0.05, 0.1) is 14.9 Å². The zero-order valence-corrected chi connectivity index (χ0v) is 18.4. The largest absolute Gasteiger partial charge is 0.454 e. The first kappa shape index (κ1) is 22.8. The number of nitrogens with zero attached hydrogens (tertiary/aromatic N) is 2. The number of benzene rings is 1. The van der Waals surface area contributed by atoms with Gasteiger partial charge in [-0.3, -0.25) is 9.59 Å². The van der Waals surface area contributed by atoms with Crippen LogP contribution in [0.2, 0.25) is 15.1 Å². The normalized spacial score (nSPS) is 17.0. The van der Waals surface area contributed by atoms with E-state index in [2.05, 4.69) is 10.3 Å². The van der Waals surface area contributed by atoms with Gasteiger partial charge in [0, 0.05) is 17.8 Å². The molecule has 3 rings (SSSR count). The van der Waals surface area contributed by atoms with Crippen molar-refractivity contribution in [3.8, 4) is 0 Å². The van der Waals surface area contributed by atoms with Crippen molar-refractivity contribution in [2.45, 2.75) is 23.8 Å². The van der Waals surface area contributed by atoms with Crippen LogP contribution in [0.4, 0.5) is 5.82 Å². The van der Waals surface area contributed by atoms with Crippen molar-refractivity contribution >= 4 is 62.5 Å². The summed E-state index contributed by atoms with van der Waals surface area (Å²) in [4.78, 5) is 28.4. The molecule has 0 radical (unpaired) electrons. The van der Waals surface area contributed by atoms with Crippen molar-refractivity contribution in [1.82, 2.24) is 9.29 Å². The number of anilines is 1. The zero-order valence-electron chi connectivity index (χ0n) is 15.3. The van der Waals surface area contributed by atoms with E-state index in [1.165, 1.54) is 36.5 Å². The molecule has 1 amide bonds. The molecule has 0 spiro atoms. The van der Waals surface area contributed by atoms with E-state index in [1.807, 2.05) is 0 Å². The second-order valence-corrected chi connectivity index (χ2v) is 9.54. The van der Waals surface area contributed by atoms with E-state index in [0.29, 0.717) is 16.5 Å². The average Bonchev–Trinajstić information content (AvgIpc) is 3.19. The summed E-state index contributed by atoms with van der Waals surface area (Å²) in [5.41, 5.74) is 0. The van der Waals surface area contributed by atoms with Crippen molar-refractivity contribution in [2.75, 3.05) is 18.5 Å². The molecule has 8 nitrogen and oxygen atoms in total. The van der Waals surface area contributed by atoms with Crippen LogP contribution in [0.5, 0.6) is 0 Å². The van der Waals surface area contributed by atoms with E-state index in [1.54, 1.807) is 0 Å². The number of halogens is 3. The van der Waals surface area contributed by atoms with Crippen molar-refractivity contribution in [2.24, 2.45) is 0 Å². The fourth-order valence-corrected chi connectivity index (χ4v) is 5.11. The molecular formula is C18H16Cl3N3O5S. The highest BCUT2D eigenvalue weighted by atomic mass is 35.5. The maximum Gasteiger partial charge on any atom is 0.324 e. The van der Waals surface area contributed by atoms with Crippen molar-refractivity contribution in [3.63, 3.8) is 0 Å². The first-order valence-electron chi connectivity index (χ1n) is 8.73. The molecule has 1 aliphatic rings. The summed E-state index contributed by atoms with van der Waals surface area (Å²) in [7, 11) is -3.91. The van der Waals surface area contributed by atoms with Gasteiger partial charge in [0.2, 0.25) is 10.0 Å². The maximum absolute atomic E-state index is 12.9. The minimum Gasteiger partial charge on any atom is -0.454 e. The fourth-order valence-electron chi connectivity index (χ4n) is 2.91. The number of pyridine rings is 1. The predicted molar refractivity (Wildman–Crippen MR) is 112 cm³/mol. The van der Waals surface area contributed by atoms with Crippen LogP contribution in [0.3, 0.4) is 0 Å². The van der Waals surface area contributed by atoms with Crippen LogP contribution in [0.25, 0.3) is 0 Å². The van der Waals surface area contributed by atoms with Crippen LogP contribution < -0.4 is 5.32 Å². The van der Waals surface area contributed by atoms with Crippen LogP contribution in [0.1, 0.15) is 12.8 Å². The summed E-state index contributed by atoms with van der Waals surface area (Å²) in [5.74, 6) is -1.42. The van der Waals surface area contributed by atoms with E-state index in [9.17, 15) is 18.0 Å². The van der Waals surface area contributed by atoms with Crippen LogP contribution in [0, 0.1) is 0 Å². The minimum atomic E-state index is -3.91. The predicted octanol–water partition coefficient (Wildman–Crippen LogP) is 3.38. The lowest BCUT2D eigenvalue weighted by molar-refractivity contribution is -0.150. The molecule has 1 saturated heterocycles. The molecule has 0 bridgehead atoms. The molecule has 1 aliphatic heterocycles. The maximum atomic E-state index is 12.9. The molecule has 1 N–H and O–H groups in total. The van der Waals surface area contributed by atoms with Gasteiger partial charge in [-0.25, -0.2) is 13.4 Å². The van der Waals surface area contributed by atoms with Gasteiger partial charge in [-0.15, -0.1) is 0 Å². The van der Waals surface area contributed by atoms with E-state index in [-0.39, 0.29) is 28.7 Å². The molecule has 30 heavy (non-hydrogen) atoms. The third-order valence-corrected chi connectivity index (χ3v) is 6.98. The first-order valence-corrected chi connectivity index (χ1v) is 11.3. The Kier molecular flexibility index (Phi) is 7.20. The number of hydrogen-bond donors (Lipinski definition) is 1. The fraction of sp³-hybridized carbons (Fsp3) is 0.278. The Labute approximate surface area is 188 Å². The van der Waals surface area contributed by atoms with Gasteiger partial charge in [0.15, 0.2) is 12.4 Å². The molecular weight excluding hydrogens is 477 g/mol. The Morgan fingerprint density at radius 1 is 1.17 bits per heavy atom. The molecule has 1 unspecified atom stereocenters. The number of carbonyl (C=O) groups is 2. The summed E-state index contributed by atoms with van der Waals surface area (Å²) in [6.45, 7) is -0.452. The number of carbonyl (C=O) groups excluding carboxylic acids is 2. The van der Waals surface area contributed by atoms with E-state index in [4.69, 9.17) is 39.5 Å². The van der Waals surface area contributed by atoms with Gasteiger partial charge in [-0.2, -0.15) is 4.31 Å². The number of hydrogen-bond acceptors (Lipinski definition) is 6. The lowest BCUT2D eigenvalue weighted by Crippen LogP contribution is -2.42. The van der Waals surface area contributed by atoms with Crippen molar-refractivity contribution < 1.29 is 22.7 Å². The number of esters is 1. The smallest absolute Gasteiger partial charge is 0.324 e. The Balaban J connectivity index is 1.63. The SMILES string of the molecule is O=C(COC(=O)C1CCCN1S(=O)(=O)c1ccc(Cl)cc1)Nc1ncc(Cl)cc1Cl. The van der Waals surface area contributed by atoms with Crippen LogP contribution in [-0.2, 0) is 24.3 Å². The highest BCUT2D eigenvalue weighted by Gasteiger charge is 2.40. The lowest BCUT2D eigenvalue weighted by atomic mass is 10.2. The average molecular weight is 493 g/mol. The van der Waals surface area contributed by atoms with Gasteiger partial charge in [-0.05, 0) is 43.2 Å². The third-order valence-electron chi connectivity index (χ3n) is 4.31. The topological polar surface area (TPSA) is 106 Å². The Morgan fingerprint density at radius 2 is 1.87 bits per heavy atom. The Bertz CT molecular complexity index is 1060. The van der Waals surface area contributed by atoms with Crippen LogP contribution >= 0.6 is 34.8 Å². The summed E-state index contributed by atoms with van der Waals surface area (Å²) in [5, 5.41) is 3.21. The molecule has 1 atom stereocenters. The molecule has 160 valence electrons. The van der Waals surface area contributed by atoms with Gasteiger partial charge in [-0.1, -0.05) is 34.8 Å². The van der Waals surface area contributed by atoms with Gasteiger partial charge in [0.1, 0.15) is 6.04 Å². The first-order chi connectivity index (χ1) is 14.2. The molecule has 2 heterocycles. The molecule has 1 aromatic carbocycles. The molecule has 12 heteroatoms. The summed E-state index contributed by atoms with van der Waals surface area (Å²) in [6.07, 6.45) is 2.08. The van der Waals surface area contributed by atoms with E-state index in [0.717, 1.165) is 4.31 Å². The number of nitrogens with one attached hydrogen (secondary N) is 1. The monoisotopic (exact) mass is 491 g/mol. The van der Waals surface area contributed by atoms with Crippen molar-refractivity contribution in [3.05, 3.63) is 51.6 Å². The highest BCUT2D eigenvalue weighted by Crippen LogP contribution is 2.28. The lowest BCUT2D eigenvalue weighted by Gasteiger charge is -2.22. The van der Waals surface area contributed by atoms with E-state index < -0.39 is 34.5 Å². The van der Waals surface area contributed by atoms with E-state index >= 15 is 0 Å². The van der Waals surface area contributed by atoms with Gasteiger partial charge >= 0.3 is 5.97 Å². The standard InChI is InChI=1S/C18H16Cl3N3O5S/c19-11-3-5-13(6-4-11)30(27,28)24-7-1-2-15(24)18(26)29-10-16(25)23-17-14(21)8-12(20)9-22-17/h3-6,8-9,15H,1-2,7,10H2,(H,22,23,25). The van der Waals surface area contributed by atoms with Crippen molar-refractivity contribution in [1.29, 1.82) is 0 Å². The zero-order chi connectivity index (χ0) is 21.9. The molecule has 1 aromatic heterocycles. The quantitative estimate of drug-likeness (QED) is 0.620. The second kappa shape index (κ2) is 9.49. The molecule has 0 saturated carbocycles. The highest BCUT2D eigenvalue weighted by molar-refractivity contribution is 7.89. The number of aromatic nitrogens is 1. The summed E-state index contributed by atoms with van der Waals surface area (Å²) < 4.78 is 31.8. The second-order valence-electron chi connectivity index (χ2n) is 6.37. The van der Waals surface area contributed by atoms with Gasteiger partial charge in [0.25, 0.3) is 5.91 Å². The van der Waals surface area contributed by atoms with Crippen LogP contribution in [0.15, 0.2) is 41.4 Å². The van der Waals surface area contributed by atoms with Gasteiger partial charge < -0.3 is 10.1 Å².